The molecule has 1 N–H and O–H groups in total. The van der Waals surface area contributed by atoms with Gasteiger partial charge in [0, 0.05) is 45.7 Å². The summed E-state index contributed by atoms with van der Waals surface area (Å²) in [5.41, 5.74) is 2.49. The highest BCUT2D eigenvalue weighted by molar-refractivity contribution is 5.85. The third kappa shape index (κ3) is 4.58. The lowest BCUT2D eigenvalue weighted by Crippen LogP contribution is -2.44. The normalized spacial score (nSPS) is 22.3. The summed E-state index contributed by atoms with van der Waals surface area (Å²) >= 11 is 0. The molecule has 3 rings (SSSR count). The van der Waals surface area contributed by atoms with Crippen molar-refractivity contribution in [2.24, 2.45) is 0 Å². The van der Waals surface area contributed by atoms with Crippen LogP contribution in [0.25, 0.3) is 0 Å². The van der Waals surface area contributed by atoms with Gasteiger partial charge < -0.3 is 14.9 Å². The van der Waals surface area contributed by atoms with E-state index in [1.807, 2.05) is 12.1 Å². The third-order valence-corrected chi connectivity index (χ3v) is 5.09. The Bertz CT molecular complexity index is 634. The second-order valence-corrected chi connectivity index (χ2v) is 7.07. The van der Waals surface area contributed by atoms with Crippen LogP contribution in [-0.2, 0) is 16.1 Å². The molecule has 136 valence electrons. The predicted octanol–water partition coefficient (Wildman–Crippen LogP) is 0.623. The van der Waals surface area contributed by atoms with Crippen molar-refractivity contribution in [3.8, 4) is 0 Å². The highest BCUT2D eigenvalue weighted by atomic mass is 16.3. The SMILES string of the molecule is Cc1ccccc1CN1CCN(C(=O)CN2CCCC2=O)CC(O)C1. The van der Waals surface area contributed by atoms with Gasteiger partial charge in [0.05, 0.1) is 12.6 Å². The maximum Gasteiger partial charge on any atom is 0.242 e. The molecular formula is C19H27N3O3. The van der Waals surface area contributed by atoms with Gasteiger partial charge in [-0.05, 0) is 24.5 Å². The summed E-state index contributed by atoms with van der Waals surface area (Å²) in [5, 5.41) is 10.3. The first kappa shape index (κ1) is 17.9. The van der Waals surface area contributed by atoms with E-state index in [2.05, 4.69) is 24.0 Å². The van der Waals surface area contributed by atoms with Gasteiger partial charge in [0.25, 0.3) is 0 Å². The molecule has 6 heteroatoms. The molecule has 1 aromatic rings. The molecular weight excluding hydrogens is 318 g/mol. The molecule has 2 fully saturated rings. The van der Waals surface area contributed by atoms with Crippen LogP contribution < -0.4 is 0 Å². The van der Waals surface area contributed by atoms with Gasteiger partial charge in [-0.3, -0.25) is 14.5 Å². The van der Waals surface area contributed by atoms with Crippen molar-refractivity contribution in [1.82, 2.24) is 14.7 Å². The van der Waals surface area contributed by atoms with Gasteiger partial charge in [-0.2, -0.15) is 0 Å². The molecule has 0 saturated carbocycles. The van der Waals surface area contributed by atoms with Crippen LogP contribution in [0.2, 0.25) is 0 Å². The van der Waals surface area contributed by atoms with Crippen molar-refractivity contribution in [3.63, 3.8) is 0 Å². The molecule has 2 aliphatic heterocycles. The van der Waals surface area contributed by atoms with E-state index in [1.165, 1.54) is 11.1 Å². The maximum absolute atomic E-state index is 12.5. The second-order valence-electron chi connectivity index (χ2n) is 7.07. The summed E-state index contributed by atoms with van der Waals surface area (Å²) in [4.78, 5) is 29.8. The minimum Gasteiger partial charge on any atom is -0.390 e. The third-order valence-electron chi connectivity index (χ3n) is 5.09. The van der Waals surface area contributed by atoms with Crippen LogP contribution in [0.1, 0.15) is 24.0 Å². The summed E-state index contributed by atoms with van der Waals surface area (Å²) < 4.78 is 0. The van der Waals surface area contributed by atoms with E-state index in [-0.39, 0.29) is 18.4 Å². The molecule has 2 aliphatic rings. The molecule has 2 saturated heterocycles. The van der Waals surface area contributed by atoms with Gasteiger partial charge in [-0.15, -0.1) is 0 Å². The Labute approximate surface area is 149 Å². The van der Waals surface area contributed by atoms with Crippen molar-refractivity contribution in [1.29, 1.82) is 0 Å². The first-order valence-electron chi connectivity index (χ1n) is 9.03. The first-order chi connectivity index (χ1) is 12.0. The Hall–Kier alpha value is -1.92. The number of carbonyl (C=O) groups is 2. The van der Waals surface area contributed by atoms with Gasteiger partial charge >= 0.3 is 0 Å². The molecule has 1 atom stereocenters. The van der Waals surface area contributed by atoms with Crippen LogP contribution >= 0.6 is 0 Å². The Morgan fingerprint density at radius 1 is 1.20 bits per heavy atom. The van der Waals surface area contributed by atoms with Crippen LogP contribution in [0, 0.1) is 6.92 Å². The summed E-state index contributed by atoms with van der Waals surface area (Å²) in [6.45, 7) is 5.88. The number of nitrogens with zero attached hydrogens (tertiary/aromatic N) is 3. The average Bonchev–Trinajstić information content (AvgIpc) is 2.87. The van der Waals surface area contributed by atoms with E-state index in [0.29, 0.717) is 32.6 Å². The number of rotatable bonds is 4. The number of carbonyl (C=O) groups excluding carboxylic acids is 2. The summed E-state index contributed by atoms with van der Waals surface area (Å²) in [5.74, 6) is -0.00283. The van der Waals surface area contributed by atoms with E-state index in [0.717, 1.165) is 19.5 Å². The highest BCUT2D eigenvalue weighted by Crippen LogP contribution is 2.14. The largest absolute Gasteiger partial charge is 0.390 e. The molecule has 1 aromatic carbocycles. The van der Waals surface area contributed by atoms with Gasteiger partial charge in [-0.25, -0.2) is 0 Å². The molecule has 2 amide bonds. The molecule has 1 unspecified atom stereocenters. The Morgan fingerprint density at radius 3 is 2.72 bits per heavy atom. The van der Waals surface area contributed by atoms with Crippen LogP contribution in [0.4, 0.5) is 0 Å². The Balaban J connectivity index is 1.58. The Morgan fingerprint density at radius 2 is 2.00 bits per heavy atom. The predicted molar refractivity (Wildman–Crippen MR) is 94.9 cm³/mol. The number of β-amino-alcohol motifs (C(OH)–C–C–N with tert-alkyl or cyclic N) is 1. The van der Waals surface area contributed by atoms with E-state index in [4.69, 9.17) is 0 Å². The lowest BCUT2D eigenvalue weighted by atomic mass is 10.1. The fraction of sp³-hybridized carbons (Fsp3) is 0.579. The smallest absolute Gasteiger partial charge is 0.242 e. The van der Waals surface area contributed by atoms with Gasteiger partial charge in [0.1, 0.15) is 0 Å². The van der Waals surface area contributed by atoms with E-state index in [1.54, 1.807) is 9.80 Å². The number of aliphatic hydroxyl groups excluding tert-OH is 1. The van der Waals surface area contributed by atoms with Crippen molar-refractivity contribution in [2.75, 3.05) is 39.3 Å². The lowest BCUT2D eigenvalue weighted by molar-refractivity contribution is -0.138. The van der Waals surface area contributed by atoms with Crippen molar-refractivity contribution in [2.45, 2.75) is 32.4 Å². The molecule has 0 spiro atoms. The molecule has 0 bridgehead atoms. The maximum atomic E-state index is 12.5. The van der Waals surface area contributed by atoms with E-state index < -0.39 is 6.10 Å². The van der Waals surface area contributed by atoms with Gasteiger partial charge in [0.15, 0.2) is 0 Å². The van der Waals surface area contributed by atoms with Crippen LogP contribution in [0.3, 0.4) is 0 Å². The molecule has 0 radical (unpaired) electrons. The van der Waals surface area contributed by atoms with Crippen LogP contribution in [0.5, 0.6) is 0 Å². The lowest BCUT2D eigenvalue weighted by Gasteiger charge is -2.24. The van der Waals surface area contributed by atoms with Crippen molar-refractivity contribution in [3.05, 3.63) is 35.4 Å². The quantitative estimate of drug-likeness (QED) is 0.869. The highest BCUT2D eigenvalue weighted by Gasteiger charge is 2.28. The topological polar surface area (TPSA) is 64.1 Å². The molecule has 0 aromatic heterocycles. The number of likely N-dealkylation sites (tertiary alicyclic amines) is 1. The van der Waals surface area contributed by atoms with Crippen molar-refractivity contribution < 1.29 is 14.7 Å². The van der Waals surface area contributed by atoms with E-state index in [9.17, 15) is 14.7 Å². The second kappa shape index (κ2) is 7.97. The number of hydrogen-bond acceptors (Lipinski definition) is 4. The zero-order valence-electron chi connectivity index (χ0n) is 14.9. The molecule has 2 heterocycles. The number of aliphatic hydroxyl groups is 1. The average molecular weight is 345 g/mol. The zero-order chi connectivity index (χ0) is 17.8. The molecule has 25 heavy (non-hydrogen) atoms. The fourth-order valence-electron chi connectivity index (χ4n) is 3.59. The zero-order valence-corrected chi connectivity index (χ0v) is 14.9. The number of benzene rings is 1. The fourth-order valence-corrected chi connectivity index (χ4v) is 3.59. The molecule has 0 aliphatic carbocycles. The standard InChI is InChI=1S/C19H27N3O3/c1-15-5-2-3-6-16(15)11-20-9-10-22(13-17(23)12-20)19(25)14-21-8-4-7-18(21)24/h2-3,5-6,17,23H,4,7-14H2,1H3. The van der Waals surface area contributed by atoms with Gasteiger partial charge in [-0.1, -0.05) is 24.3 Å². The summed E-state index contributed by atoms with van der Waals surface area (Å²) in [7, 11) is 0. The van der Waals surface area contributed by atoms with E-state index >= 15 is 0 Å². The Kier molecular flexibility index (Phi) is 5.71. The monoisotopic (exact) mass is 345 g/mol. The van der Waals surface area contributed by atoms with Crippen LogP contribution in [0.15, 0.2) is 24.3 Å². The number of hydrogen-bond donors (Lipinski definition) is 1. The summed E-state index contributed by atoms with van der Waals surface area (Å²) in [6, 6.07) is 8.25. The van der Waals surface area contributed by atoms with Crippen molar-refractivity contribution >= 4 is 11.8 Å². The van der Waals surface area contributed by atoms with Crippen LogP contribution in [-0.4, -0.2) is 77.0 Å². The summed E-state index contributed by atoms with van der Waals surface area (Å²) in [6.07, 6.45) is 0.809. The van der Waals surface area contributed by atoms with Gasteiger partial charge in [0.2, 0.25) is 11.8 Å². The number of amides is 2. The molecule has 6 nitrogen and oxygen atoms in total. The minimum absolute atomic E-state index is 0.0601. The number of aryl methyl sites for hydroxylation is 1. The first-order valence-corrected chi connectivity index (χ1v) is 9.03. The minimum atomic E-state index is -0.565.